The summed E-state index contributed by atoms with van der Waals surface area (Å²) in [6.07, 6.45) is 1.63. The largest absolute Gasteiger partial charge is 0.336 e. The van der Waals surface area contributed by atoms with Gasteiger partial charge in [0, 0.05) is 37.8 Å². The Morgan fingerprint density at radius 3 is 2.03 bits per heavy atom. The second-order valence-corrected chi connectivity index (χ2v) is 8.43. The molecule has 170 valence electrons. The topological polar surface area (TPSA) is 66.6 Å². The van der Waals surface area contributed by atoms with E-state index in [9.17, 15) is 26.7 Å². The lowest BCUT2D eigenvalue weighted by Gasteiger charge is -2.34. The highest BCUT2D eigenvalue weighted by Gasteiger charge is 2.34. The Hall–Kier alpha value is -3.31. The quantitative estimate of drug-likeness (QED) is 0.338. The van der Waals surface area contributed by atoms with Crippen molar-refractivity contribution in [2.24, 2.45) is 0 Å². The molecule has 4 rings (SSSR count). The fraction of sp³-hybridized carbons (Fsp3) is 0.400. The van der Waals surface area contributed by atoms with E-state index in [1.54, 1.807) is 15.6 Å². The lowest BCUT2D eigenvalue weighted by molar-refractivity contribution is 0.0733. The molecule has 0 bridgehead atoms. The molecule has 1 fully saturated rings. The molecule has 0 saturated carbocycles. The van der Waals surface area contributed by atoms with E-state index < -0.39 is 40.6 Å². The summed E-state index contributed by atoms with van der Waals surface area (Å²) in [5.41, 5.74) is -0.786. The number of carbonyl (C=O) groups excluding carboxylic acids is 1. The van der Waals surface area contributed by atoms with Gasteiger partial charge in [-0.3, -0.25) is 4.79 Å². The number of hydrogen-bond donors (Lipinski definition) is 0. The molecule has 2 aromatic heterocycles. The van der Waals surface area contributed by atoms with E-state index in [1.165, 1.54) is 0 Å². The number of hydrogen-bond acceptors (Lipinski definition) is 5. The van der Waals surface area contributed by atoms with Crippen LogP contribution in [0.15, 0.2) is 12.3 Å². The van der Waals surface area contributed by atoms with Crippen LogP contribution in [-0.4, -0.2) is 56.6 Å². The first-order valence-electron chi connectivity index (χ1n) is 9.78. The van der Waals surface area contributed by atoms with E-state index in [0.29, 0.717) is 11.7 Å². The Morgan fingerprint density at radius 1 is 0.906 bits per heavy atom. The van der Waals surface area contributed by atoms with Crippen LogP contribution in [-0.2, 0) is 5.41 Å². The predicted octanol–water partition coefficient (Wildman–Crippen LogP) is 3.08. The Morgan fingerprint density at radius 2 is 1.47 bits per heavy atom. The number of carbonyl (C=O) groups is 1. The molecule has 1 saturated heterocycles. The normalized spacial score (nSPS) is 15.0. The maximum Gasteiger partial charge on any atom is 0.260 e. The van der Waals surface area contributed by atoms with E-state index in [2.05, 4.69) is 15.1 Å². The van der Waals surface area contributed by atoms with Gasteiger partial charge < -0.3 is 9.80 Å². The second kappa shape index (κ2) is 7.68. The number of benzene rings is 1. The van der Waals surface area contributed by atoms with Crippen molar-refractivity contribution >= 4 is 17.6 Å². The molecule has 1 aromatic carbocycles. The van der Waals surface area contributed by atoms with Crippen molar-refractivity contribution in [1.29, 1.82) is 0 Å². The van der Waals surface area contributed by atoms with Crippen LogP contribution in [0.2, 0.25) is 0 Å². The average molecular weight is 454 g/mol. The van der Waals surface area contributed by atoms with Gasteiger partial charge in [0.1, 0.15) is 5.56 Å². The maximum absolute atomic E-state index is 14.0. The van der Waals surface area contributed by atoms with Gasteiger partial charge in [0.25, 0.3) is 11.7 Å². The maximum atomic E-state index is 14.0. The molecule has 0 radical (unpaired) electrons. The van der Waals surface area contributed by atoms with Crippen molar-refractivity contribution in [2.75, 3.05) is 31.1 Å². The van der Waals surface area contributed by atoms with E-state index in [-0.39, 0.29) is 31.6 Å². The van der Waals surface area contributed by atoms with Crippen LogP contribution < -0.4 is 4.90 Å². The van der Waals surface area contributed by atoms with Gasteiger partial charge in [-0.2, -0.15) is 9.50 Å². The molecule has 7 nitrogen and oxygen atoms in total. The Labute approximate surface area is 179 Å². The zero-order chi connectivity index (χ0) is 23.4. The summed E-state index contributed by atoms with van der Waals surface area (Å²) in [5.74, 6) is -11.4. The van der Waals surface area contributed by atoms with Crippen molar-refractivity contribution in [3.63, 3.8) is 0 Å². The summed E-state index contributed by atoms with van der Waals surface area (Å²) in [7, 11) is 0. The molecule has 3 aromatic rings. The third-order valence-corrected chi connectivity index (χ3v) is 5.27. The van der Waals surface area contributed by atoms with Crippen LogP contribution in [0.25, 0.3) is 5.78 Å². The van der Waals surface area contributed by atoms with Gasteiger partial charge in [-0.05, 0) is 6.07 Å². The second-order valence-electron chi connectivity index (χ2n) is 8.43. The van der Waals surface area contributed by atoms with Crippen molar-refractivity contribution in [3.05, 3.63) is 52.6 Å². The molecule has 12 heteroatoms. The third kappa shape index (κ3) is 3.53. The van der Waals surface area contributed by atoms with Crippen molar-refractivity contribution < 1.29 is 26.7 Å². The molecule has 1 aliphatic rings. The SMILES string of the molecule is CC(C)(C)c1ccnc2nc(N3CCN(C(=O)c4c(F)c(F)c(F)c(F)c4F)CC3)nn12. The molecule has 0 unspecified atom stereocenters. The van der Waals surface area contributed by atoms with Crippen molar-refractivity contribution in [1.82, 2.24) is 24.5 Å². The Kier molecular flexibility index (Phi) is 5.25. The van der Waals surface area contributed by atoms with Gasteiger partial charge in [0.15, 0.2) is 23.3 Å². The predicted molar refractivity (Wildman–Crippen MR) is 104 cm³/mol. The monoisotopic (exact) mass is 454 g/mol. The van der Waals surface area contributed by atoms with Crippen LogP contribution in [0, 0.1) is 29.1 Å². The smallest absolute Gasteiger partial charge is 0.260 e. The molecule has 0 atom stereocenters. The minimum atomic E-state index is -2.30. The van der Waals surface area contributed by atoms with Gasteiger partial charge in [-0.25, -0.2) is 26.9 Å². The van der Waals surface area contributed by atoms with E-state index >= 15 is 0 Å². The number of anilines is 1. The summed E-state index contributed by atoms with van der Waals surface area (Å²) >= 11 is 0. The summed E-state index contributed by atoms with van der Waals surface area (Å²) in [6.45, 7) is 6.42. The first-order chi connectivity index (χ1) is 15.0. The number of piperazine rings is 1. The molecule has 0 spiro atoms. The summed E-state index contributed by atoms with van der Waals surface area (Å²) in [5, 5.41) is 4.50. The Bertz CT molecular complexity index is 1180. The molecule has 1 amide bonds. The van der Waals surface area contributed by atoms with Gasteiger partial charge in [0.2, 0.25) is 11.8 Å². The van der Waals surface area contributed by atoms with E-state index in [1.807, 2.05) is 26.8 Å². The molecule has 0 aliphatic carbocycles. The Balaban J connectivity index is 1.55. The molecular formula is C20H19F5N6O. The number of nitrogens with zero attached hydrogens (tertiary/aromatic N) is 6. The first-order valence-corrected chi connectivity index (χ1v) is 9.78. The highest BCUT2D eigenvalue weighted by Crippen LogP contribution is 2.26. The lowest BCUT2D eigenvalue weighted by atomic mass is 9.92. The van der Waals surface area contributed by atoms with Gasteiger partial charge >= 0.3 is 0 Å². The lowest BCUT2D eigenvalue weighted by Crippen LogP contribution is -2.49. The van der Waals surface area contributed by atoms with Gasteiger partial charge in [-0.15, -0.1) is 5.10 Å². The fourth-order valence-corrected chi connectivity index (χ4v) is 3.55. The minimum Gasteiger partial charge on any atom is -0.336 e. The van der Waals surface area contributed by atoms with Crippen molar-refractivity contribution in [2.45, 2.75) is 26.2 Å². The molecule has 0 N–H and O–H groups in total. The molecule has 3 heterocycles. The first kappa shape index (κ1) is 21.9. The third-order valence-electron chi connectivity index (χ3n) is 5.27. The fourth-order valence-electron chi connectivity index (χ4n) is 3.55. The zero-order valence-corrected chi connectivity index (χ0v) is 17.5. The zero-order valence-electron chi connectivity index (χ0n) is 17.5. The summed E-state index contributed by atoms with van der Waals surface area (Å²) < 4.78 is 69.8. The van der Waals surface area contributed by atoms with Gasteiger partial charge in [0.05, 0.1) is 5.69 Å². The van der Waals surface area contributed by atoms with Crippen LogP contribution in [0.4, 0.5) is 27.9 Å². The number of aromatic nitrogens is 4. The number of amides is 1. The van der Waals surface area contributed by atoms with E-state index in [0.717, 1.165) is 10.6 Å². The minimum absolute atomic E-state index is 0.0204. The van der Waals surface area contributed by atoms with Crippen LogP contribution in [0.1, 0.15) is 36.8 Å². The number of halogens is 5. The summed E-state index contributed by atoms with van der Waals surface area (Å²) in [6, 6.07) is 1.84. The van der Waals surface area contributed by atoms with Crippen LogP contribution in [0.3, 0.4) is 0 Å². The molecular weight excluding hydrogens is 435 g/mol. The number of fused-ring (bicyclic) bond motifs is 1. The highest BCUT2D eigenvalue weighted by atomic mass is 19.2. The van der Waals surface area contributed by atoms with Crippen molar-refractivity contribution in [3.8, 4) is 0 Å². The van der Waals surface area contributed by atoms with Gasteiger partial charge in [-0.1, -0.05) is 20.8 Å². The molecule has 32 heavy (non-hydrogen) atoms. The number of rotatable bonds is 2. The highest BCUT2D eigenvalue weighted by molar-refractivity contribution is 5.95. The van der Waals surface area contributed by atoms with Crippen LogP contribution in [0.5, 0.6) is 0 Å². The summed E-state index contributed by atoms with van der Waals surface area (Å²) in [4.78, 5) is 23.9. The molecule has 1 aliphatic heterocycles. The van der Waals surface area contributed by atoms with E-state index in [4.69, 9.17) is 0 Å². The van der Waals surface area contributed by atoms with Crippen LogP contribution >= 0.6 is 0 Å². The standard InChI is InChI=1S/C20H19F5N6O/c1-20(2,3)10-4-5-26-18-27-19(28-31(10)18)30-8-6-29(7-9-30)17(32)11-12(21)14(23)16(25)15(24)13(11)22/h4-5H,6-9H2,1-3H3. The average Bonchev–Trinajstić information content (AvgIpc) is 3.20.